The Labute approximate surface area is 183 Å². The molecule has 0 saturated carbocycles. The van der Waals surface area contributed by atoms with Gasteiger partial charge < -0.3 is 15.4 Å². The van der Waals surface area contributed by atoms with Gasteiger partial charge in [0.1, 0.15) is 11.8 Å². The summed E-state index contributed by atoms with van der Waals surface area (Å²) in [4.78, 5) is 25.5. The van der Waals surface area contributed by atoms with Crippen molar-refractivity contribution in [1.29, 1.82) is 0 Å². The molecule has 31 heavy (non-hydrogen) atoms. The van der Waals surface area contributed by atoms with Crippen molar-refractivity contribution < 1.29 is 22.7 Å². The van der Waals surface area contributed by atoms with E-state index < -0.39 is 22.0 Å². The second-order valence-corrected chi connectivity index (χ2v) is 8.94. The third kappa shape index (κ3) is 6.45. The number of carbonyl (C=O) groups excluding carboxylic acids is 2. The van der Waals surface area contributed by atoms with E-state index in [9.17, 15) is 18.0 Å². The number of para-hydroxylation sites is 1. The van der Waals surface area contributed by atoms with Crippen LogP contribution in [0.25, 0.3) is 0 Å². The summed E-state index contributed by atoms with van der Waals surface area (Å²) < 4.78 is 31.2. The van der Waals surface area contributed by atoms with Crippen LogP contribution >= 0.6 is 0 Å². The first-order valence-electron chi connectivity index (χ1n) is 10.0. The Kier molecular flexibility index (Phi) is 8.44. The second kappa shape index (κ2) is 10.8. The van der Waals surface area contributed by atoms with Crippen molar-refractivity contribution in [3.63, 3.8) is 0 Å². The highest BCUT2D eigenvalue weighted by Crippen LogP contribution is 2.26. The quantitative estimate of drug-likeness (QED) is 0.545. The van der Waals surface area contributed by atoms with Gasteiger partial charge in [0, 0.05) is 12.6 Å². The first-order valence-corrected chi connectivity index (χ1v) is 11.9. The van der Waals surface area contributed by atoms with Crippen LogP contribution in [-0.4, -0.2) is 46.2 Å². The van der Waals surface area contributed by atoms with Crippen molar-refractivity contribution in [1.82, 2.24) is 5.32 Å². The SMILES string of the molecule is CCCCNC(=O)c1ccccc1NC(=O)[C@@H](C)N(c1cccc(OC)c1)S(C)(=O)=O. The van der Waals surface area contributed by atoms with Crippen molar-refractivity contribution in [3.8, 4) is 5.75 Å². The van der Waals surface area contributed by atoms with Gasteiger partial charge in [-0.15, -0.1) is 0 Å². The first kappa shape index (κ1) is 24.2. The maximum absolute atomic E-state index is 13.0. The molecule has 2 N–H and O–H groups in total. The third-order valence-electron chi connectivity index (χ3n) is 4.64. The number of rotatable bonds is 10. The molecule has 0 spiro atoms. The van der Waals surface area contributed by atoms with Gasteiger partial charge in [-0.25, -0.2) is 8.42 Å². The zero-order chi connectivity index (χ0) is 23.0. The van der Waals surface area contributed by atoms with Crippen molar-refractivity contribution in [2.24, 2.45) is 0 Å². The summed E-state index contributed by atoms with van der Waals surface area (Å²) in [5.74, 6) is -0.403. The fourth-order valence-electron chi connectivity index (χ4n) is 3.06. The number of anilines is 2. The average molecular weight is 448 g/mol. The average Bonchev–Trinajstić information content (AvgIpc) is 2.73. The van der Waals surface area contributed by atoms with Gasteiger partial charge in [0.15, 0.2) is 0 Å². The molecule has 168 valence electrons. The number of hydrogen-bond acceptors (Lipinski definition) is 5. The Balaban J connectivity index is 2.28. The number of methoxy groups -OCH3 is 1. The van der Waals surface area contributed by atoms with Crippen LogP contribution in [0.2, 0.25) is 0 Å². The van der Waals surface area contributed by atoms with E-state index in [4.69, 9.17) is 4.74 Å². The summed E-state index contributed by atoms with van der Waals surface area (Å²) in [7, 11) is -2.31. The lowest BCUT2D eigenvalue weighted by atomic mass is 10.1. The molecule has 2 amide bonds. The molecule has 1 atom stereocenters. The lowest BCUT2D eigenvalue weighted by molar-refractivity contribution is -0.116. The van der Waals surface area contributed by atoms with Crippen molar-refractivity contribution >= 4 is 33.2 Å². The van der Waals surface area contributed by atoms with E-state index in [1.807, 2.05) is 6.92 Å². The molecule has 2 aromatic carbocycles. The Morgan fingerprint density at radius 3 is 2.48 bits per heavy atom. The summed E-state index contributed by atoms with van der Waals surface area (Å²) in [5.41, 5.74) is 0.925. The van der Waals surface area contributed by atoms with E-state index in [1.165, 1.54) is 14.0 Å². The van der Waals surface area contributed by atoms with Crippen LogP contribution in [0, 0.1) is 0 Å². The van der Waals surface area contributed by atoms with Gasteiger partial charge in [-0.05, 0) is 37.6 Å². The van der Waals surface area contributed by atoms with E-state index in [1.54, 1.807) is 48.5 Å². The van der Waals surface area contributed by atoms with Crippen LogP contribution < -0.4 is 19.7 Å². The van der Waals surface area contributed by atoms with Crippen LogP contribution in [0.3, 0.4) is 0 Å². The normalized spacial score (nSPS) is 12.0. The molecule has 0 aliphatic rings. The molecule has 9 heteroatoms. The van der Waals surface area contributed by atoms with E-state index in [-0.39, 0.29) is 5.91 Å². The summed E-state index contributed by atoms with van der Waals surface area (Å²) in [6.45, 7) is 4.04. The molecule has 0 fully saturated rings. The third-order valence-corrected chi connectivity index (χ3v) is 5.88. The number of nitrogens with zero attached hydrogens (tertiary/aromatic N) is 1. The van der Waals surface area contributed by atoms with Crippen LogP contribution in [-0.2, 0) is 14.8 Å². The minimum atomic E-state index is -3.78. The van der Waals surface area contributed by atoms with Crippen LogP contribution in [0.1, 0.15) is 37.0 Å². The second-order valence-electron chi connectivity index (χ2n) is 7.08. The zero-order valence-electron chi connectivity index (χ0n) is 18.2. The fraction of sp³-hybridized carbons (Fsp3) is 0.364. The van der Waals surface area contributed by atoms with Crippen LogP contribution in [0.15, 0.2) is 48.5 Å². The lowest BCUT2D eigenvalue weighted by Gasteiger charge is -2.28. The summed E-state index contributed by atoms with van der Waals surface area (Å²) in [5, 5.41) is 5.51. The molecule has 0 aliphatic heterocycles. The van der Waals surface area contributed by atoms with Crippen LogP contribution in [0.5, 0.6) is 5.75 Å². The highest BCUT2D eigenvalue weighted by molar-refractivity contribution is 7.92. The number of hydrogen-bond donors (Lipinski definition) is 2. The monoisotopic (exact) mass is 447 g/mol. The molecule has 0 heterocycles. The fourth-order valence-corrected chi connectivity index (χ4v) is 4.22. The zero-order valence-corrected chi connectivity index (χ0v) is 19.0. The predicted octanol–water partition coefficient (Wildman–Crippen LogP) is 3.02. The molecule has 0 saturated heterocycles. The molecule has 2 aromatic rings. The van der Waals surface area contributed by atoms with E-state index in [2.05, 4.69) is 10.6 Å². The van der Waals surface area contributed by atoms with E-state index in [0.29, 0.717) is 29.2 Å². The number of carbonyl (C=O) groups is 2. The summed E-state index contributed by atoms with van der Waals surface area (Å²) in [6.07, 6.45) is 2.83. The van der Waals surface area contributed by atoms with Gasteiger partial charge in [0.25, 0.3) is 5.91 Å². The van der Waals surface area contributed by atoms with Crippen molar-refractivity contribution in [2.75, 3.05) is 29.5 Å². The van der Waals surface area contributed by atoms with E-state index >= 15 is 0 Å². The molecule has 0 unspecified atom stereocenters. The Hall–Kier alpha value is -3.07. The molecule has 0 aliphatic carbocycles. The standard InChI is InChI=1S/C22H29N3O5S/c1-5-6-14-23-22(27)19-12-7-8-13-20(19)24-21(26)16(2)25(31(4,28)29)17-10-9-11-18(15-17)30-3/h7-13,15-16H,5-6,14H2,1-4H3,(H,23,27)(H,24,26)/t16-/m1/s1. The number of sulfonamides is 1. The number of benzene rings is 2. The molecule has 0 radical (unpaired) electrons. The number of nitrogens with one attached hydrogen (secondary N) is 2. The molecular formula is C22H29N3O5S. The number of amides is 2. The van der Waals surface area contributed by atoms with Gasteiger partial charge in [-0.1, -0.05) is 31.5 Å². The lowest BCUT2D eigenvalue weighted by Crippen LogP contribution is -2.45. The smallest absolute Gasteiger partial charge is 0.253 e. The van der Waals surface area contributed by atoms with Gasteiger partial charge in [-0.3, -0.25) is 13.9 Å². The Morgan fingerprint density at radius 1 is 1.13 bits per heavy atom. The summed E-state index contributed by atoms with van der Waals surface area (Å²) >= 11 is 0. The molecule has 0 bridgehead atoms. The Morgan fingerprint density at radius 2 is 1.84 bits per heavy atom. The molecule has 8 nitrogen and oxygen atoms in total. The Bertz CT molecular complexity index is 1020. The summed E-state index contributed by atoms with van der Waals surface area (Å²) in [6, 6.07) is 12.0. The topological polar surface area (TPSA) is 105 Å². The highest BCUT2D eigenvalue weighted by Gasteiger charge is 2.30. The predicted molar refractivity (Wildman–Crippen MR) is 122 cm³/mol. The number of unbranched alkanes of at least 4 members (excludes halogenated alkanes) is 1. The largest absolute Gasteiger partial charge is 0.497 e. The van der Waals surface area contributed by atoms with Gasteiger partial charge in [0.05, 0.1) is 30.3 Å². The highest BCUT2D eigenvalue weighted by atomic mass is 32.2. The van der Waals surface area contributed by atoms with E-state index in [0.717, 1.165) is 23.4 Å². The maximum Gasteiger partial charge on any atom is 0.253 e. The first-order chi connectivity index (χ1) is 14.7. The molecule has 0 aromatic heterocycles. The van der Waals surface area contributed by atoms with Gasteiger partial charge >= 0.3 is 0 Å². The van der Waals surface area contributed by atoms with Crippen molar-refractivity contribution in [3.05, 3.63) is 54.1 Å². The maximum atomic E-state index is 13.0. The minimum Gasteiger partial charge on any atom is -0.497 e. The van der Waals surface area contributed by atoms with Crippen molar-refractivity contribution in [2.45, 2.75) is 32.7 Å². The number of ether oxygens (including phenoxy) is 1. The van der Waals surface area contributed by atoms with Crippen LogP contribution in [0.4, 0.5) is 11.4 Å². The molecular weight excluding hydrogens is 418 g/mol. The van der Waals surface area contributed by atoms with Gasteiger partial charge in [-0.2, -0.15) is 0 Å². The van der Waals surface area contributed by atoms with Gasteiger partial charge in [0.2, 0.25) is 15.9 Å². The minimum absolute atomic E-state index is 0.301. The molecule has 2 rings (SSSR count).